The summed E-state index contributed by atoms with van der Waals surface area (Å²) in [5.41, 5.74) is 2.58. The van der Waals surface area contributed by atoms with Crippen LogP contribution in [0.1, 0.15) is 41.3 Å². The molecular weight excluding hydrogens is 360 g/mol. The van der Waals surface area contributed by atoms with E-state index in [2.05, 4.69) is 29.8 Å². The highest BCUT2D eigenvalue weighted by atomic mass is 79.9. The summed E-state index contributed by atoms with van der Waals surface area (Å²) >= 11 is 3.45. The van der Waals surface area contributed by atoms with E-state index in [9.17, 15) is 4.79 Å². The van der Waals surface area contributed by atoms with Crippen LogP contribution in [0.15, 0.2) is 40.9 Å². The van der Waals surface area contributed by atoms with Crippen molar-refractivity contribution >= 4 is 21.9 Å². The first-order valence-electron chi connectivity index (χ1n) is 7.39. The maximum atomic E-state index is 12.2. The maximum absolute atomic E-state index is 12.2. The van der Waals surface area contributed by atoms with E-state index in [0.29, 0.717) is 23.0 Å². The summed E-state index contributed by atoms with van der Waals surface area (Å²) in [6.07, 6.45) is 0. The first-order valence-corrected chi connectivity index (χ1v) is 8.19. The number of hydrogen-bond acceptors (Lipinski definition) is 4. The second kappa shape index (κ2) is 6.62. The standard InChI is InChI=1S/C18H17BrO4/c1-11(2)12-3-5-13(6-4-12)18(20)21-9-14-7-16-17(8-15(14)19)23-10-22-16/h3-8,11H,9-10H2,1-2H3. The summed E-state index contributed by atoms with van der Waals surface area (Å²) in [6, 6.07) is 11.2. The number of fused-ring (bicyclic) bond motifs is 1. The van der Waals surface area contributed by atoms with E-state index in [1.54, 1.807) is 12.1 Å². The number of carbonyl (C=O) groups excluding carboxylic acids is 1. The summed E-state index contributed by atoms with van der Waals surface area (Å²) in [5, 5.41) is 0. The Balaban J connectivity index is 1.67. The van der Waals surface area contributed by atoms with Gasteiger partial charge in [0.15, 0.2) is 11.5 Å². The molecule has 120 valence electrons. The van der Waals surface area contributed by atoms with E-state index in [-0.39, 0.29) is 19.4 Å². The van der Waals surface area contributed by atoms with Crippen LogP contribution in [0.25, 0.3) is 0 Å². The summed E-state index contributed by atoms with van der Waals surface area (Å²) in [6.45, 7) is 4.62. The zero-order chi connectivity index (χ0) is 16.4. The highest BCUT2D eigenvalue weighted by Crippen LogP contribution is 2.37. The van der Waals surface area contributed by atoms with Crippen LogP contribution in [-0.2, 0) is 11.3 Å². The molecule has 2 aromatic rings. The van der Waals surface area contributed by atoms with E-state index in [0.717, 1.165) is 10.0 Å². The van der Waals surface area contributed by atoms with Crippen molar-refractivity contribution in [3.63, 3.8) is 0 Å². The third-order valence-electron chi connectivity index (χ3n) is 3.71. The van der Waals surface area contributed by atoms with Crippen LogP contribution in [0.2, 0.25) is 0 Å². The van der Waals surface area contributed by atoms with Gasteiger partial charge in [0.05, 0.1) is 5.56 Å². The number of ether oxygens (including phenoxy) is 3. The fourth-order valence-corrected chi connectivity index (χ4v) is 2.74. The lowest BCUT2D eigenvalue weighted by Crippen LogP contribution is -2.06. The van der Waals surface area contributed by atoms with Crippen LogP contribution in [0, 0.1) is 0 Å². The van der Waals surface area contributed by atoms with Gasteiger partial charge in [-0.05, 0) is 35.7 Å². The average molecular weight is 377 g/mol. The molecule has 23 heavy (non-hydrogen) atoms. The topological polar surface area (TPSA) is 44.8 Å². The van der Waals surface area contributed by atoms with Gasteiger partial charge in [-0.15, -0.1) is 0 Å². The van der Waals surface area contributed by atoms with Crippen molar-refractivity contribution in [2.75, 3.05) is 6.79 Å². The summed E-state index contributed by atoms with van der Waals surface area (Å²) < 4.78 is 16.9. The number of hydrogen-bond donors (Lipinski definition) is 0. The fourth-order valence-electron chi connectivity index (χ4n) is 2.30. The predicted octanol–water partition coefficient (Wildman–Crippen LogP) is 4.66. The molecule has 0 spiro atoms. The largest absolute Gasteiger partial charge is 0.457 e. The molecule has 3 rings (SSSR count). The zero-order valence-electron chi connectivity index (χ0n) is 13.0. The van der Waals surface area contributed by atoms with E-state index >= 15 is 0 Å². The smallest absolute Gasteiger partial charge is 0.338 e. The Morgan fingerprint density at radius 1 is 1.17 bits per heavy atom. The lowest BCUT2D eigenvalue weighted by atomic mass is 10.0. The van der Waals surface area contributed by atoms with E-state index in [4.69, 9.17) is 14.2 Å². The Kier molecular flexibility index (Phi) is 4.57. The molecule has 0 fully saturated rings. The Hall–Kier alpha value is -2.01. The van der Waals surface area contributed by atoms with Crippen molar-refractivity contribution in [1.82, 2.24) is 0 Å². The van der Waals surface area contributed by atoms with Gasteiger partial charge in [0, 0.05) is 10.0 Å². The molecule has 2 aromatic carbocycles. The van der Waals surface area contributed by atoms with Gasteiger partial charge < -0.3 is 14.2 Å². The molecule has 0 N–H and O–H groups in total. The van der Waals surface area contributed by atoms with E-state index in [1.165, 1.54) is 5.56 Å². The van der Waals surface area contributed by atoms with Crippen LogP contribution in [-0.4, -0.2) is 12.8 Å². The average Bonchev–Trinajstić information content (AvgIpc) is 2.99. The van der Waals surface area contributed by atoms with E-state index in [1.807, 2.05) is 24.3 Å². The van der Waals surface area contributed by atoms with Crippen LogP contribution in [0.5, 0.6) is 11.5 Å². The van der Waals surface area contributed by atoms with Crippen molar-refractivity contribution in [2.45, 2.75) is 26.4 Å². The molecule has 0 bridgehead atoms. The lowest BCUT2D eigenvalue weighted by molar-refractivity contribution is 0.0471. The van der Waals surface area contributed by atoms with Gasteiger partial charge in [0.1, 0.15) is 6.61 Å². The second-order valence-corrected chi connectivity index (χ2v) is 6.50. The van der Waals surface area contributed by atoms with E-state index < -0.39 is 0 Å². The molecule has 0 aromatic heterocycles. The third kappa shape index (κ3) is 3.50. The number of rotatable bonds is 4. The highest BCUT2D eigenvalue weighted by molar-refractivity contribution is 9.10. The van der Waals surface area contributed by atoms with Gasteiger partial charge in [0.25, 0.3) is 0 Å². The minimum absolute atomic E-state index is 0.169. The van der Waals surface area contributed by atoms with Crippen molar-refractivity contribution < 1.29 is 19.0 Å². The van der Waals surface area contributed by atoms with Crippen molar-refractivity contribution in [3.8, 4) is 11.5 Å². The summed E-state index contributed by atoms with van der Waals surface area (Å²) in [5.74, 6) is 1.45. The number of carbonyl (C=O) groups is 1. The molecule has 0 aliphatic carbocycles. The van der Waals surface area contributed by atoms with Crippen molar-refractivity contribution in [2.24, 2.45) is 0 Å². The molecule has 0 unspecified atom stereocenters. The zero-order valence-corrected chi connectivity index (χ0v) is 14.6. The lowest BCUT2D eigenvalue weighted by Gasteiger charge is -2.09. The van der Waals surface area contributed by atoms with Crippen LogP contribution in [0.3, 0.4) is 0 Å². The Labute approximate surface area is 143 Å². The Morgan fingerprint density at radius 3 is 2.48 bits per heavy atom. The molecule has 0 atom stereocenters. The van der Waals surface area contributed by atoms with Gasteiger partial charge in [-0.2, -0.15) is 0 Å². The molecule has 1 aliphatic heterocycles. The molecule has 4 nitrogen and oxygen atoms in total. The van der Waals surface area contributed by atoms with Gasteiger partial charge >= 0.3 is 5.97 Å². The molecule has 0 amide bonds. The molecule has 0 radical (unpaired) electrons. The first kappa shape index (κ1) is 15.9. The fraction of sp³-hybridized carbons (Fsp3) is 0.278. The second-order valence-electron chi connectivity index (χ2n) is 5.65. The molecule has 1 heterocycles. The van der Waals surface area contributed by atoms with Gasteiger partial charge in [-0.1, -0.05) is 41.9 Å². The van der Waals surface area contributed by atoms with Crippen molar-refractivity contribution in [3.05, 3.63) is 57.6 Å². The summed E-state index contributed by atoms with van der Waals surface area (Å²) in [4.78, 5) is 12.2. The minimum atomic E-state index is -0.343. The highest BCUT2D eigenvalue weighted by Gasteiger charge is 2.17. The van der Waals surface area contributed by atoms with Gasteiger partial charge in [-0.3, -0.25) is 0 Å². The quantitative estimate of drug-likeness (QED) is 0.728. The summed E-state index contributed by atoms with van der Waals surface area (Å²) in [7, 11) is 0. The van der Waals surface area contributed by atoms with Crippen LogP contribution >= 0.6 is 15.9 Å². The maximum Gasteiger partial charge on any atom is 0.338 e. The molecule has 0 saturated carbocycles. The number of halogens is 1. The molecular formula is C18H17BrO4. The van der Waals surface area contributed by atoms with Gasteiger partial charge in [-0.25, -0.2) is 4.79 Å². The normalized spacial score (nSPS) is 12.5. The number of benzene rings is 2. The Bertz CT molecular complexity index is 723. The SMILES string of the molecule is CC(C)c1ccc(C(=O)OCc2cc3c(cc2Br)OCO3)cc1. The molecule has 0 saturated heterocycles. The Morgan fingerprint density at radius 2 is 1.83 bits per heavy atom. The van der Waals surface area contributed by atoms with Crippen LogP contribution < -0.4 is 9.47 Å². The first-order chi connectivity index (χ1) is 11.0. The minimum Gasteiger partial charge on any atom is -0.457 e. The predicted molar refractivity (Wildman–Crippen MR) is 89.9 cm³/mol. The molecule has 5 heteroatoms. The van der Waals surface area contributed by atoms with Crippen LogP contribution in [0.4, 0.5) is 0 Å². The third-order valence-corrected chi connectivity index (χ3v) is 4.45. The number of esters is 1. The monoisotopic (exact) mass is 376 g/mol. The molecule has 1 aliphatic rings. The van der Waals surface area contributed by atoms with Crippen molar-refractivity contribution in [1.29, 1.82) is 0 Å². The van der Waals surface area contributed by atoms with Gasteiger partial charge in [0.2, 0.25) is 6.79 Å².